The van der Waals surface area contributed by atoms with Crippen LogP contribution in [0.3, 0.4) is 0 Å². The van der Waals surface area contributed by atoms with Crippen molar-refractivity contribution in [3.63, 3.8) is 0 Å². The highest BCUT2D eigenvalue weighted by molar-refractivity contribution is 5.81. The van der Waals surface area contributed by atoms with Crippen LogP contribution in [-0.4, -0.2) is 49.2 Å². The molecule has 1 unspecified atom stereocenters. The van der Waals surface area contributed by atoms with Crippen LogP contribution in [0.2, 0.25) is 0 Å². The molecule has 0 bridgehead atoms. The van der Waals surface area contributed by atoms with E-state index in [4.69, 9.17) is 5.73 Å². The van der Waals surface area contributed by atoms with Crippen molar-refractivity contribution in [3.05, 3.63) is 0 Å². The van der Waals surface area contributed by atoms with Gasteiger partial charge in [0.15, 0.2) is 0 Å². The molecule has 0 aromatic carbocycles. The third kappa shape index (κ3) is 4.81. The summed E-state index contributed by atoms with van der Waals surface area (Å²) in [5, 5.41) is 3.26. The Labute approximate surface area is 105 Å². The van der Waals surface area contributed by atoms with Crippen molar-refractivity contribution < 1.29 is 18.0 Å². The van der Waals surface area contributed by atoms with E-state index >= 15 is 0 Å². The molecule has 1 rings (SSSR count). The predicted octanol–water partition coefficient (Wildman–Crippen LogP) is 0.868. The Hall–Kier alpha value is -0.820. The van der Waals surface area contributed by atoms with E-state index in [-0.39, 0.29) is 19.1 Å². The molecule has 1 saturated heterocycles. The number of carbonyl (C=O) groups is 1. The fraction of sp³-hybridized carbons (Fsp3) is 0.909. The van der Waals surface area contributed by atoms with Gasteiger partial charge in [0.25, 0.3) is 0 Å². The first-order valence-electron chi connectivity index (χ1n) is 6.24. The summed E-state index contributed by atoms with van der Waals surface area (Å²) in [4.78, 5) is 12.0. The first kappa shape index (κ1) is 15.2. The molecular weight excluding hydrogens is 247 g/mol. The third-order valence-corrected chi connectivity index (χ3v) is 3.07. The summed E-state index contributed by atoms with van der Waals surface area (Å²) >= 11 is 0. The van der Waals surface area contributed by atoms with Crippen LogP contribution in [0.25, 0.3) is 0 Å². The van der Waals surface area contributed by atoms with Gasteiger partial charge in [0.1, 0.15) is 0 Å². The van der Waals surface area contributed by atoms with Crippen molar-refractivity contribution in [1.82, 2.24) is 10.2 Å². The molecule has 1 aliphatic heterocycles. The molecule has 4 nitrogen and oxygen atoms in total. The maximum Gasteiger partial charge on any atom is 0.471 e. The third-order valence-electron chi connectivity index (χ3n) is 3.07. The number of hydrogen-bond donors (Lipinski definition) is 2. The molecule has 18 heavy (non-hydrogen) atoms. The van der Waals surface area contributed by atoms with Gasteiger partial charge < -0.3 is 16.0 Å². The average molecular weight is 267 g/mol. The van der Waals surface area contributed by atoms with Gasteiger partial charge in [0.2, 0.25) is 0 Å². The normalized spacial score (nSPS) is 21.8. The molecule has 3 N–H and O–H groups in total. The molecule has 0 saturated carbocycles. The quantitative estimate of drug-likeness (QED) is 0.743. The number of alkyl halides is 3. The van der Waals surface area contributed by atoms with E-state index in [2.05, 4.69) is 5.32 Å². The topological polar surface area (TPSA) is 58.4 Å². The lowest BCUT2D eigenvalue weighted by Crippen LogP contribution is -2.42. The molecule has 0 radical (unpaired) electrons. The van der Waals surface area contributed by atoms with Crippen molar-refractivity contribution in [2.75, 3.05) is 26.2 Å². The largest absolute Gasteiger partial charge is 0.471 e. The number of nitrogens with two attached hydrogens (primary N) is 1. The molecule has 1 aliphatic rings. The zero-order chi connectivity index (χ0) is 13.6. The molecule has 0 spiro atoms. The number of hydrogen-bond acceptors (Lipinski definition) is 3. The van der Waals surface area contributed by atoms with Crippen molar-refractivity contribution in [1.29, 1.82) is 0 Å². The van der Waals surface area contributed by atoms with E-state index in [9.17, 15) is 18.0 Å². The standard InChI is InChI=1S/C11H20F3N3O/c12-11(13,14)10(18)17-7-1-3-9(4-8-17)16-6-2-5-15/h9,16H,1-8,15H2. The van der Waals surface area contributed by atoms with E-state index in [1.54, 1.807) is 0 Å². The highest BCUT2D eigenvalue weighted by Crippen LogP contribution is 2.21. The molecule has 7 heteroatoms. The number of nitrogens with one attached hydrogen (secondary N) is 1. The average Bonchev–Trinajstić information content (AvgIpc) is 2.53. The van der Waals surface area contributed by atoms with Gasteiger partial charge in [-0.3, -0.25) is 4.79 Å². The van der Waals surface area contributed by atoms with Crippen molar-refractivity contribution in [2.45, 2.75) is 37.9 Å². The maximum absolute atomic E-state index is 12.3. The Kier molecular flexibility index (Phi) is 5.87. The van der Waals surface area contributed by atoms with Crippen LogP contribution in [0, 0.1) is 0 Å². The number of halogens is 3. The minimum atomic E-state index is -4.76. The molecule has 0 aromatic heterocycles. The molecule has 106 valence electrons. The smallest absolute Gasteiger partial charge is 0.335 e. The van der Waals surface area contributed by atoms with Gasteiger partial charge in [-0.15, -0.1) is 0 Å². The summed E-state index contributed by atoms with van der Waals surface area (Å²) in [6.45, 7) is 1.72. The van der Waals surface area contributed by atoms with E-state index < -0.39 is 12.1 Å². The van der Waals surface area contributed by atoms with Crippen LogP contribution in [-0.2, 0) is 4.79 Å². The molecule has 0 aliphatic carbocycles. The maximum atomic E-state index is 12.3. The van der Waals surface area contributed by atoms with Crippen LogP contribution >= 0.6 is 0 Å². The first-order valence-corrected chi connectivity index (χ1v) is 6.24. The Balaban J connectivity index is 2.39. The summed E-state index contributed by atoms with van der Waals surface area (Å²) in [5.41, 5.74) is 5.37. The predicted molar refractivity (Wildman–Crippen MR) is 61.9 cm³/mol. The summed E-state index contributed by atoms with van der Waals surface area (Å²) in [6.07, 6.45) is -1.95. The molecule has 1 fully saturated rings. The van der Waals surface area contributed by atoms with Crippen molar-refractivity contribution in [3.8, 4) is 0 Å². The summed E-state index contributed by atoms with van der Waals surface area (Å²) < 4.78 is 36.9. The van der Waals surface area contributed by atoms with Gasteiger partial charge in [0.05, 0.1) is 0 Å². The molecule has 1 heterocycles. The minimum absolute atomic E-state index is 0.165. The molecule has 1 amide bonds. The van der Waals surface area contributed by atoms with Crippen LogP contribution in [0.15, 0.2) is 0 Å². The Morgan fingerprint density at radius 2 is 2.06 bits per heavy atom. The van der Waals surface area contributed by atoms with Crippen LogP contribution in [0.1, 0.15) is 25.7 Å². The SMILES string of the molecule is NCCCNC1CCCN(C(=O)C(F)(F)F)CC1. The number of amides is 1. The van der Waals surface area contributed by atoms with Crippen LogP contribution in [0.4, 0.5) is 13.2 Å². The lowest BCUT2D eigenvalue weighted by Gasteiger charge is -2.21. The van der Waals surface area contributed by atoms with Gasteiger partial charge in [0, 0.05) is 19.1 Å². The van der Waals surface area contributed by atoms with Gasteiger partial charge in [-0.05, 0) is 38.8 Å². The first-order chi connectivity index (χ1) is 8.45. The second-order valence-electron chi connectivity index (χ2n) is 4.51. The fourth-order valence-electron chi connectivity index (χ4n) is 2.09. The van der Waals surface area contributed by atoms with Crippen molar-refractivity contribution >= 4 is 5.91 Å². The van der Waals surface area contributed by atoms with E-state index in [0.29, 0.717) is 19.4 Å². The molecular formula is C11H20F3N3O. The van der Waals surface area contributed by atoms with Crippen LogP contribution in [0.5, 0.6) is 0 Å². The Morgan fingerprint density at radius 3 is 2.67 bits per heavy atom. The number of rotatable bonds is 4. The van der Waals surface area contributed by atoms with E-state index in [1.807, 2.05) is 0 Å². The van der Waals surface area contributed by atoms with Gasteiger partial charge >= 0.3 is 12.1 Å². The summed E-state index contributed by atoms with van der Waals surface area (Å²) in [7, 11) is 0. The highest BCUT2D eigenvalue weighted by atomic mass is 19.4. The fourth-order valence-corrected chi connectivity index (χ4v) is 2.09. The number of carbonyl (C=O) groups excluding carboxylic acids is 1. The van der Waals surface area contributed by atoms with Crippen molar-refractivity contribution in [2.24, 2.45) is 5.73 Å². The summed E-state index contributed by atoms with van der Waals surface area (Å²) in [5.74, 6) is -1.72. The van der Waals surface area contributed by atoms with Gasteiger partial charge in [-0.1, -0.05) is 0 Å². The molecule has 0 aromatic rings. The van der Waals surface area contributed by atoms with Gasteiger partial charge in [-0.2, -0.15) is 13.2 Å². The Morgan fingerprint density at radius 1 is 1.33 bits per heavy atom. The zero-order valence-corrected chi connectivity index (χ0v) is 10.3. The molecule has 1 atom stereocenters. The zero-order valence-electron chi connectivity index (χ0n) is 10.3. The van der Waals surface area contributed by atoms with E-state index in [1.165, 1.54) is 0 Å². The van der Waals surface area contributed by atoms with Crippen LogP contribution < -0.4 is 11.1 Å². The number of likely N-dealkylation sites (tertiary alicyclic amines) is 1. The number of nitrogens with zero attached hydrogens (tertiary/aromatic N) is 1. The lowest BCUT2D eigenvalue weighted by atomic mass is 10.1. The lowest BCUT2D eigenvalue weighted by molar-refractivity contribution is -0.185. The Bertz CT molecular complexity index is 271. The minimum Gasteiger partial charge on any atom is -0.335 e. The van der Waals surface area contributed by atoms with E-state index in [0.717, 1.165) is 24.3 Å². The second-order valence-corrected chi connectivity index (χ2v) is 4.51. The monoisotopic (exact) mass is 267 g/mol. The highest BCUT2D eigenvalue weighted by Gasteiger charge is 2.42. The summed E-state index contributed by atoms with van der Waals surface area (Å²) in [6, 6.07) is 0.183. The van der Waals surface area contributed by atoms with Gasteiger partial charge in [-0.25, -0.2) is 0 Å². The second kappa shape index (κ2) is 6.94.